The summed E-state index contributed by atoms with van der Waals surface area (Å²) in [4.78, 5) is 21.7. The highest BCUT2D eigenvalue weighted by molar-refractivity contribution is 8.14. The fraction of sp³-hybridized carbons (Fsp3) is 0.500. The van der Waals surface area contributed by atoms with Crippen LogP contribution in [0.25, 0.3) is 10.9 Å². The van der Waals surface area contributed by atoms with Gasteiger partial charge < -0.3 is 19.7 Å². The number of aliphatic imine (C=N–C) groups is 1. The molecular weight excluding hydrogens is 418 g/mol. The molecule has 1 aromatic heterocycles. The molecule has 3 rings (SSSR count). The zero-order chi connectivity index (χ0) is 22.6. The number of hydrogen-bond acceptors (Lipinski definition) is 8. The molecule has 2 N–H and O–H groups in total. The smallest absolute Gasteiger partial charge is 0.329 e. The lowest BCUT2D eigenvalue weighted by Gasteiger charge is -2.29. The van der Waals surface area contributed by atoms with E-state index in [0.717, 1.165) is 23.1 Å². The maximum atomic E-state index is 11.1. The van der Waals surface area contributed by atoms with Gasteiger partial charge in [-0.1, -0.05) is 6.07 Å². The van der Waals surface area contributed by atoms with Crippen LogP contribution in [0, 0.1) is 0 Å². The van der Waals surface area contributed by atoms with Gasteiger partial charge in [-0.05, 0) is 58.5 Å². The summed E-state index contributed by atoms with van der Waals surface area (Å²) in [6.45, 7) is 6.84. The minimum atomic E-state index is -0.950. The Balaban J connectivity index is 1.54. The summed E-state index contributed by atoms with van der Waals surface area (Å²) in [5, 5.41) is 20.7. The molecule has 1 aromatic carbocycles. The molecule has 0 aliphatic carbocycles. The molecule has 31 heavy (non-hydrogen) atoms. The molecule has 2 atom stereocenters. The van der Waals surface area contributed by atoms with Crippen molar-refractivity contribution in [3.05, 3.63) is 36.0 Å². The monoisotopic (exact) mass is 447 g/mol. The second-order valence-electron chi connectivity index (χ2n) is 8.39. The van der Waals surface area contributed by atoms with E-state index in [1.165, 1.54) is 11.8 Å². The Hall–Kier alpha value is -2.20. The van der Waals surface area contributed by atoms with Crippen LogP contribution < -0.4 is 4.74 Å². The van der Waals surface area contributed by atoms with Gasteiger partial charge in [-0.3, -0.25) is 9.89 Å². The van der Waals surface area contributed by atoms with Crippen molar-refractivity contribution >= 4 is 33.7 Å². The van der Waals surface area contributed by atoms with Crippen LogP contribution in [0.15, 0.2) is 35.3 Å². The average Bonchev–Trinajstić information content (AvgIpc) is 3.20. The number of fused-ring (bicyclic) bond motifs is 1. The first-order chi connectivity index (χ1) is 14.6. The minimum absolute atomic E-state index is 0.413. The van der Waals surface area contributed by atoms with Crippen LogP contribution in [-0.2, 0) is 9.53 Å². The van der Waals surface area contributed by atoms with Crippen molar-refractivity contribution < 1.29 is 24.5 Å². The SMILES string of the molecule is CN(CCCOc1ccc2nc(C3=N[C@@H](C(=O)O)CS3)ccc2c1)C(O)OC(C)(C)C. The van der Waals surface area contributed by atoms with Gasteiger partial charge in [0, 0.05) is 17.7 Å². The Morgan fingerprint density at radius 2 is 2.10 bits per heavy atom. The van der Waals surface area contributed by atoms with Crippen molar-refractivity contribution in [3.63, 3.8) is 0 Å². The van der Waals surface area contributed by atoms with E-state index in [1.54, 1.807) is 11.9 Å². The van der Waals surface area contributed by atoms with Gasteiger partial charge >= 0.3 is 5.97 Å². The number of hydrogen-bond donors (Lipinski definition) is 2. The predicted octanol–water partition coefficient (Wildman–Crippen LogP) is 2.97. The summed E-state index contributed by atoms with van der Waals surface area (Å²) in [6.07, 6.45) is -0.215. The Morgan fingerprint density at radius 3 is 2.77 bits per heavy atom. The maximum absolute atomic E-state index is 11.1. The number of carboxylic acids is 1. The fourth-order valence-electron chi connectivity index (χ4n) is 2.97. The van der Waals surface area contributed by atoms with Crippen molar-refractivity contribution in [2.24, 2.45) is 4.99 Å². The highest BCUT2D eigenvalue weighted by atomic mass is 32.2. The van der Waals surface area contributed by atoms with Gasteiger partial charge in [0.1, 0.15) is 10.8 Å². The van der Waals surface area contributed by atoms with Gasteiger partial charge in [-0.15, -0.1) is 11.8 Å². The van der Waals surface area contributed by atoms with E-state index in [-0.39, 0.29) is 0 Å². The second-order valence-corrected chi connectivity index (χ2v) is 9.40. The molecule has 0 spiro atoms. The van der Waals surface area contributed by atoms with Gasteiger partial charge in [-0.25, -0.2) is 9.78 Å². The highest BCUT2D eigenvalue weighted by Crippen LogP contribution is 2.25. The Labute approximate surface area is 186 Å². The number of thioether (sulfide) groups is 1. The van der Waals surface area contributed by atoms with E-state index in [0.29, 0.717) is 29.6 Å². The molecule has 1 unspecified atom stereocenters. The van der Waals surface area contributed by atoms with E-state index < -0.39 is 24.0 Å². The largest absolute Gasteiger partial charge is 0.494 e. The number of ether oxygens (including phenoxy) is 2. The summed E-state index contributed by atoms with van der Waals surface area (Å²) in [5.74, 6) is 0.272. The normalized spacial score (nSPS) is 17.7. The number of pyridine rings is 1. The van der Waals surface area contributed by atoms with Gasteiger partial charge in [0.05, 0.1) is 23.4 Å². The van der Waals surface area contributed by atoms with Crippen LogP contribution in [0.3, 0.4) is 0 Å². The standard InChI is InChI=1S/C22H29N3O5S/c1-22(2,3)30-21(28)25(4)10-5-11-29-15-7-9-16-14(12-15)6-8-17(23-16)19-24-18(13-31-19)20(26)27/h6-9,12,18,21,28H,5,10-11,13H2,1-4H3,(H,26,27)/t18-,21?/m1/s1. The van der Waals surface area contributed by atoms with Crippen LogP contribution in [0.2, 0.25) is 0 Å². The molecule has 8 nitrogen and oxygen atoms in total. The molecule has 2 heterocycles. The number of aromatic nitrogens is 1. The van der Waals surface area contributed by atoms with E-state index in [4.69, 9.17) is 14.6 Å². The van der Waals surface area contributed by atoms with Crippen molar-refractivity contribution in [1.29, 1.82) is 0 Å². The van der Waals surface area contributed by atoms with Crippen LogP contribution >= 0.6 is 11.8 Å². The Bertz CT molecular complexity index is 960. The summed E-state index contributed by atoms with van der Waals surface area (Å²) in [5.41, 5.74) is 1.08. The van der Waals surface area contributed by atoms with Crippen LogP contribution in [0.4, 0.5) is 0 Å². The Morgan fingerprint density at radius 1 is 1.32 bits per heavy atom. The molecule has 0 saturated heterocycles. The number of carbonyl (C=O) groups is 1. The molecule has 2 aromatic rings. The fourth-order valence-corrected chi connectivity index (χ4v) is 3.97. The molecule has 0 saturated carbocycles. The van der Waals surface area contributed by atoms with Crippen molar-refractivity contribution in [2.45, 2.75) is 45.2 Å². The summed E-state index contributed by atoms with van der Waals surface area (Å²) in [7, 11) is 1.81. The highest BCUT2D eigenvalue weighted by Gasteiger charge is 2.26. The molecule has 168 valence electrons. The minimum Gasteiger partial charge on any atom is -0.494 e. The zero-order valence-electron chi connectivity index (χ0n) is 18.2. The third-order valence-electron chi connectivity index (χ3n) is 4.58. The van der Waals surface area contributed by atoms with Crippen molar-refractivity contribution in [1.82, 2.24) is 9.88 Å². The third-order valence-corrected chi connectivity index (χ3v) is 5.65. The summed E-state index contributed by atoms with van der Waals surface area (Å²) >= 11 is 1.42. The van der Waals surface area contributed by atoms with Gasteiger partial charge in [0.25, 0.3) is 0 Å². The number of aliphatic carboxylic acids is 1. The van der Waals surface area contributed by atoms with Gasteiger partial charge in [0.2, 0.25) is 6.41 Å². The number of aliphatic hydroxyl groups excluding tert-OH is 1. The lowest BCUT2D eigenvalue weighted by atomic mass is 10.2. The molecule has 9 heteroatoms. The number of benzene rings is 1. The van der Waals surface area contributed by atoms with E-state index in [2.05, 4.69) is 9.98 Å². The quantitative estimate of drug-likeness (QED) is 0.447. The summed E-state index contributed by atoms with van der Waals surface area (Å²) < 4.78 is 11.4. The van der Waals surface area contributed by atoms with E-state index in [9.17, 15) is 9.90 Å². The maximum Gasteiger partial charge on any atom is 0.329 e. The van der Waals surface area contributed by atoms with E-state index in [1.807, 2.05) is 51.1 Å². The van der Waals surface area contributed by atoms with Crippen molar-refractivity contribution in [2.75, 3.05) is 26.0 Å². The summed E-state index contributed by atoms with van der Waals surface area (Å²) in [6, 6.07) is 8.77. The first-order valence-electron chi connectivity index (χ1n) is 10.2. The lowest BCUT2D eigenvalue weighted by molar-refractivity contribution is -0.232. The second kappa shape index (κ2) is 9.95. The molecule has 1 aliphatic heterocycles. The van der Waals surface area contributed by atoms with Crippen molar-refractivity contribution in [3.8, 4) is 5.75 Å². The molecule has 0 bridgehead atoms. The average molecular weight is 448 g/mol. The molecule has 0 amide bonds. The van der Waals surface area contributed by atoms with Gasteiger partial charge in [0.15, 0.2) is 6.04 Å². The lowest BCUT2D eigenvalue weighted by Crippen LogP contribution is -2.40. The first-order valence-corrected chi connectivity index (χ1v) is 11.1. The van der Waals surface area contributed by atoms with Crippen LogP contribution in [0.5, 0.6) is 5.75 Å². The topological polar surface area (TPSA) is 104 Å². The zero-order valence-corrected chi connectivity index (χ0v) is 19.1. The van der Waals surface area contributed by atoms with E-state index >= 15 is 0 Å². The number of rotatable bonds is 9. The number of carboxylic acid groups (broad SMARTS) is 1. The molecule has 0 fully saturated rings. The third kappa shape index (κ3) is 6.64. The molecule has 1 aliphatic rings. The van der Waals surface area contributed by atoms with Crippen LogP contribution in [0.1, 0.15) is 32.9 Å². The first kappa shape index (κ1) is 23.5. The van der Waals surface area contributed by atoms with Crippen LogP contribution in [-0.4, -0.2) is 75.1 Å². The number of nitrogens with zero attached hydrogens (tertiary/aromatic N) is 3. The number of aliphatic hydroxyl groups is 1. The predicted molar refractivity (Wildman–Crippen MR) is 122 cm³/mol. The molecule has 0 radical (unpaired) electrons. The van der Waals surface area contributed by atoms with Gasteiger partial charge in [-0.2, -0.15) is 0 Å². The molecular formula is C22H29N3O5S. The Kier molecular flexibility index (Phi) is 7.53.